The number of hydrogen-bond acceptors (Lipinski definition) is 3. The first-order valence-electron chi connectivity index (χ1n) is 9.97. The summed E-state index contributed by atoms with van der Waals surface area (Å²) >= 11 is 0. The Bertz CT molecular complexity index is 461. The van der Waals surface area contributed by atoms with E-state index in [2.05, 4.69) is 31.2 Å². The summed E-state index contributed by atoms with van der Waals surface area (Å²) in [6.45, 7) is 3.62. The van der Waals surface area contributed by atoms with E-state index in [9.17, 15) is 9.59 Å². The molecular weight excluding hydrogens is 328 g/mol. The molecule has 0 aromatic heterocycles. The highest BCUT2D eigenvalue weighted by atomic mass is 16.5. The van der Waals surface area contributed by atoms with Gasteiger partial charge in [0.2, 0.25) is 0 Å². The molecule has 0 bridgehead atoms. The monoisotopic (exact) mass is 364 g/mol. The van der Waals surface area contributed by atoms with Gasteiger partial charge in [0.15, 0.2) is 0 Å². The van der Waals surface area contributed by atoms with Crippen LogP contribution < -0.4 is 0 Å². The van der Waals surface area contributed by atoms with E-state index in [1.54, 1.807) is 0 Å². The van der Waals surface area contributed by atoms with Gasteiger partial charge in [-0.05, 0) is 45.4 Å². The lowest BCUT2D eigenvalue weighted by atomic mass is 10.1. The maximum atomic E-state index is 11.4. The van der Waals surface area contributed by atoms with Gasteiger partial charge in [-0.1, -0.05) is 63.3 Å². The molecule has 0 spiro atoms. The lowest BCUT2D eigenvalue weighted by Crippen LogP contribution is -2.02. The third kappa shape index (κ3) is 17.0. The topological polar surface area (TPSA) is 63.6 Å². The third-order valence-electron chi connectivity index (χ3n) is 4.04. The van der Waals surface area contributed by atoms with E-state index < -0.39 is 5.97 Å². The normalized spacial score (nSPS) is 12.2. The molecule has 4 heteroatoms. The van der Waals surface area contributed by atoms with E-state index in [4.69, 9.17) is 9.84 Å². The molecule has 0 aliphatic carbocycles. The molecular formula is C22H36O4. The molecule has 0 fully saturated rings. The lowest BCUT2D eigenvalue weighted by molar-refractivity contribution is -0.138. The first-order valence-corrected chi connectivity index (χ1v) is 9.97. The number of carboxylic acids is 1. The lowest BCUT2D eigenvalue weighted by Gasteiger charge is -2.01. The Morgan fingerprint density at radius 3 is 2.04 bits per heavy atom. The van der Waals surface area contributed by atoms with Gasteiger partial charge in [-0.25, -0.2) is 4.79 Å². The van der Waals surface area contributed by atoms with Crippen molar-refractivity contribution in [1.29, 1.82) is 0 Å². The Morgan fingerprint density at radius 2 is 1.42 bits per heavy atom. The second-order valence-electron chi connectivity index (χ2n) is 6.58. The number of carboxylic acid groups (broad SMARTS) is 1. The Balaban J connectivity index is 3.43. The van der Waals surface area contributed by atoms with Crippen LogP contribution in [0.15, 0.2) is 36.1 Å². The highest BCUT2D eigenvalue weighted by Crippen LogP contribution is 2.09. The molecule has 0 radical (unpaired) electrons. The van der Waals surface area contributed by atoms with Gasteiger partial charge in [-0.3, -0.25) is 4.79 Å². The summed E-state index contributed by atoms with van der Waals surface area (Å²) in [6.07, 6.45) is 22.9. The van der Waals surface area contributed by atoms with Crippen molar-refractivity contribution < 1.29 is 19.4 Å². The van der Waals surface area contributed by atoms with Gasteiger partial charge in [-0.15, -0.1) is 0 Å². The van der Waals surface area contributed by atoms with Crippen molar-refractivity contribution in [2.45, 2.75) is 90.9 Å². The fourth-order valence-electron chi connectivity index (χ4n) is 2.34. The van der Waals surface area contributed by atoms with Crippen LogP contribution in [0, 0.1) is 0 Å². The minimum absolute atomic E-state index is 0.0263. The average molecular weight is 365 g/mol. The molecule has 148 valence electrons. The molecule has 0 atom stereocenters. The van der Waals surface area contributed by atoms with Gasteiger partial charge >= 0.3 is 11.9 Å². The highest BCUT2D eigenvalue weighted by molar-refractivity contribution is 5.85. The molecule has 0 unspecified atom stereocenters. The minimum atomic E-state index is -1.07. The molecule has 26 heavy (non-hydrogen) atoms. The molecule has 0 rings (SSSR count). The van der Waals surface area contributed by atoms with Crippen molar-refractivity contribution in [3.63, 3.8) is 0 Å². The molecule has 0 saturated carbocycles. The Morgan fingerprint density at radius 1 is 0.846 bits per heavy atom. The quantitative estimate of drug-likeness (QED) is 0.114. The van der Waals surface area contributed by atoms with E-state index >= 15 is 0 Å². The fourth-order valence-corrected chi connectivity index (χ4v) is 2.34. The molecule has 0 aromatic carbocycles. The molecule has 0 amide bonds. The molecule has 0 aromatic rings. The Hall–Kier alpha value is -1.84. The van der Waals surface area contributed by atoms with Crippen LogP contribution in [0.1, 0.15) is 90.9 Å². The average Bonchev–Trinajstić information content (AvgIpc) is 2.62. The maximum absolute atomic E-state index is 11.4. The van der Waals surface area contributed by atoms with Crippen LogP contribution in [-0.2, 0) is 14.3 Å². The summed E-state index contributed by atoms with van der Waals surface area (Å²) < 4.78 is 4.79. The van der Waals surface area contributed by atoms with Gasteiger partial charge in [0.05, 0.1) is 5.57 Å². The first-order chi connectivity index (χ1) is 12.6. The van der Waals surface area contributed by atoms with Crippen LogP contribution >= 0.6 is 0 Å². The molecule has 0 saturated heterocycles. The summed E-state index contributed by atoms with van der Waals surface area (Å²) in [5.41, 5.74) is 0.0263. The summed E-state index contributed by atoms with van der Waals surface area (Å²) in [6, 6.07) is 0. The highest BCUT2D eigenvalue weighted by Gasteiger charge is 2.04. The van der Waals surface area contributed by atoms with Crippen LogP contribution in [0.4, 0.5) is 0 Å². The zero-order valence-electron chi connectivity index (χ0n) is 16.5. The number of aliphatic carboxylic acids is 1. The minimum Gasteiger partial charge on any atom is -0.478 e. The van der Waals surface area contributed by atoms with E-state index in [1.807, 2.05) is 0 Å². The molecule has 4 nitrogen and oxygen atoms in total. The summed E-state index contributed by atoms with van der Waals surface area (Å²) in [7, 11) is 0. The van der Waals surface area contributed by atoms with Crippen molar-refractivity contribution in [1.82, 2.24) is 0 Å². The second kappa shape index (κ2) is 18.0. The van der Waals surface area contributed by atoms with Gasteiger partial charge in [0.1, 0.15) is 6.26 Å². The largest absolute Gasteiger partial charge is 0.478 e. The van der Waals surface area contributed by atoms with Crippen molar-refractivity contribution >= 4 is 11.9 Å². The summed E-state index contributed by atoms with van der Waals surface area (Å²) in [4.78, 5) is 22.0. The number of esters is 1. The van der Waals surface area contributed by atoms with Crippen molar-refractivity contribution in [3.8, 4) is 0 Å². The molecule has 0 heterocycles. The fraction of sp³-hybridized carbons (Fsp3) is 0.636. The Labute approximate surface area is 159 Å². The number of carbonyl (C=O) groups excluding carboxylic acids is 1. The van der Waals surface area contributed by atoms with Gasteiger partial charge < -0.3 is 9.84 Å². The SMILES string of the molecule is CCCCC/C=C/C/C=C/CCCCCCCC(=O)OC=C(C)C(=O)O. The number of ether oxygens (including phenoxy) is 1. The van der Waals surface area contributed by atoms with Crippen LogP contribution in [0.2, 0.25) is 0 Å². The van der Waals surface area contributed by atoms with E-state index in [0.717, 1.165) is 38.4 Å². The van der Waals surface area contributed by atoms with E-state index in [1.165, 1.54) is 45.4 Å². The number of hydrogen-bond donors (Lipinski definition) is 1. The zero-order chi connectivity index (χ0) is 19.5. The number of unbranched alkanes of at least 4 members (excludes halogenated alkanes) is 8. The maximum Gasteiger partial charge on any atom is 0.334 e. The van der Waals surface area contributed by atoms with Gasteiger partial charge in [0, 0.05) is 6.42 Å². The number of allylic oxidation sites excluding steroid dienone is 4. The number of rotatable bonds is 16. The third-order valence-corrected chi connectivity index (χ3v) is 4.04. The van der Waals surface area contributed by atoms with Crippen LogP contribution in [-0.4, -0.2) is 17.0 Å². The molecule has 0 aliphatic heterocycles. The van der Waals surface area contributed by atoms with Crippen LogP contribution in [0.5, 0.6) is 0 Å². The summed E-state index contributed by atoms with van der Waals surface area (Å²) in [5.74, 6) is -1.44. The second-order valence-corrected chi connectivity index (χ2v) is 6.58. The standard InChI is InChI=1S/C22H36O4/c1-3-4-5-6-7-8-9-10-11-12-13-14-15-16-17-18-21(23)26-19-20(2)22(24)25/h7-8,10-11,19H,3-6,9,12-18H2,1-2H3,(H,24,25)/b8-7+,11-10+,20-19?. The van der Waals surface area contributed by atoms with E-state index in [0.29, 0.717) is 6.42 Å². The number of carbonyl (C=O) groups is 2. The van der Waals surface area contributed by atoms with Crippen LogP contribution in [0.3, 0.4) is 0 Å². The summed E-state index contributed by atoms with van der Waals surface area (Å²) in [5, 5.41) is 8.64. The van der Waals surface area contributed by atoms with Crippen LogP contribution in [0.25, 0.3) is 0 Å². The molecule has 1 N–H and O–H groups in total. The predicted octanol–water partition coefficient (Wildman–Crippen LogP) is 6.33. The smallest absolute Gasteiger partial charge is 0.334 e. The predicted molar refractivity (Wildman–Crippen MR) is 107 cm³/mol. The zero-order valence-corrected chi connectivity index (χ0v) is 16.5. The van der Waals surface area contributed by atoms with E-state index in [-0.39, 0.29) is 11.5 Å². The van der Waals surface area contributed by atoms with Gasteiger partial charge in [0.25, 0.3) is 0 Å². The molecule has 0 aliphatic rings. The van der Waals surface area contributed by atoms with Crippen molar-refractivity contribution in [3.05, 3.63) is 36.1 Å². The van der Waals surface area contributed by atoms with Gasteiger partial charge in [-0.2, -0.15) is 0 Å². The Kier molecular flexibility index (Phi) is 16.7. The first kappa shape index (κ1) is 24.2. The van der Waals surface area contributed by atoms with Crippen molar-refractivity contribution in [2.75, 3.05) is 0 Å². The van der Waals surface area contributed by atoms with Crippen molar-refractivity contribution in [2.24, 2.45) is 0 Å².